The number of carbonyl (C=O) groups is 2. The molecule has 0 bridgehead atoms. The maximum absolute atomic E-state index is 12.9. The van der Waals surface area contributed by atoms with Gasteiger partial charge < -0.3 is 20.7 Å². The standard InChI is InChI=1S/C23H29N3O3.ClH/c24-21(17-9-12-29-13-10-17)23(28)26-11-3-6-20(15-26)25-22(27)19-8-7-16-4-1-2-5-18(16)14-19;/h1-2,4-5,7-8,14,17,20-21H,3,6,9-13,15,24H2,(H,25,27);1H. The van der Waals surface area contributed by atoms with E-state index in [1.165, 1.54) is 0 Å². The van der Waals surface area contributed by atoms with Crippen LogP contribution in [0.5, 0.6) is 0 Å². The van der Waals surface area contributed by atoms with E-state index in [0.29, 0.717) is 31.9 Å². The lowest BCUT2D eigenvalue weighted by Crippen LogP contribution is -2.55. The van der Waals surface area contributed by atoms with Gasteiger partial charge in [0.25, 0.3) is 5.91 Å². The van der Waals surface area contributed by atoms with Gasteiger partial charge in [0.2, 0.25) is 5.91 Å². The lowest BCUT2D eigenvalue weighted by atomic mass is 9.91. The molecule has 7 heteroatoms. The monoisotopic (exact) mass is 431 g/mol. The first-order valence-corrected chi connectivity index (χ1v) is 10.5. The third-order valence-corrected chi connectivity index (χ3v) is 6.14. The number of halogens is 1. The summed E-state index contributed by atoms with van der Waals surface area (Å²) in [7, 11) is 0. The summed E-state index contributed by atoms with van der Waals surface area (Å²) in [5.41, 5.74) is 6.92. The molecule has 0 radical (unpaired) electrons. The molecule has 0 saturated carbocycles. The predicted octanol–water partition coefficient (Wildman–Crippen LogP) is 2.74. The van der Waals surface area contributed by atoms with Gasteiger partial charge in [-0.2, -0.15) is 0 Å². The topological polar surface area (TPSA) is 84.7 Å². The summed E-state index contributed by atoms with van der Waals surface area (Å²) in [5.74, 6) is 0.0918. The third-order valence-electron chi connectivity index (χ3n) is 6.14. The van der Waals surface area contributed by atoms with Crippen LogP contribution < -0.4 is 11.1 Å². The van der Waals surface area contributed by atoms with E-state index in [9.17, 15) is 9.59 Å². The number of fused-ring (bicyclic) bond motifs is 1. The highest BCUT2D eigenvalue weighted by atomic mass is 35.5. The Hall–Kier alpha value is -2.15. The second-order valence-corrected chi connectivity index (χ2v) is 8.13. The molecule has 2 saturated heterocycles. The quantitative estimate of drug-likeness (QED) is 0.779. The van der Waals surface area contributed by atoms with Crippen molar-refractivity contribution in [1.29, 1.82) is 0 Å². The van der Waals surface area contributed by atoms with E-state index in [2.05, 4.69) is 5.32 Å². The molecular weight excluding hydrogens is 402 g/mol. The second-order valence-electron chi connectivity index (χ2n) is 8.13. The lowest BCUT2D eigenvalue weighted by Gasteiger charge is -2.36. The molecule has 2 fully saturated rings. The van der Waals surface area contributed by atoms with Crippen molar-refractivity contribution in [3.05, 3.63) is 48.0 Å². The number of hydrogen-bond donors (Lipinski definition) is 2. The summed E-state index contributed by atoms with van der Waals surface area (Å²) >= 11 is 0. The number of likely N-dealkylation sites (tertiary alicyclic amines) is 1. The van der Waals surface area contributed by atoms with E-state index in [-0.39, 0.29) is 36.2 Å². The minimum Gasteiger partial charge on any atom is -0.381 e. The van der Waals surface area contributed by atoms with Gasteiger partial charge in [-0.25, -0.2) is 0 Å². The number of carbonyl (C=O) groups excluding carboxylic acids is 2. The Labute approximate surface area is 183 Å². The fourth-order valence-electron chi connectivity index (χ4n) is 4.38. The van der Waals surface area contributed by atoms with E-state index >= 15 is 0 Å². The van der Waals surface area contributed by atoms with E-state index < -0.39 is 6.04 Å². The summed E-state index contributed by atoms with van der Waals surface area (Å²) in [6.07, 6.45) is 3.41. The Balaban J connectivity index is 0.00000256. The SMILES string of the molecule is Cl.NC(C(=O)N1CCCC(NC(=O)c2ccc3ccccc3c2)C1)C1CCOCC1. The van der Waals surface area contributed by atoms with Gasteiger partial charge >= 0.3 is 0 Å². The van der Waals surface area contributed by atoms with Crippen LogP contribution in [0, 0.1) is 5.92 Å². The summed E-state index contributed by atoms with van der Waals surface area (Å²) in [6, 6.07) is 13.2. The zero-order valence-corrected chi connectivity index (χ0v) is 17.9. The molecule has 6 nitrogen and oxygen atoms in total. The Morgan fingerprint density at radius 3 is 2.57 bits per heavy atom. The van der Waals surface area contributed by atoms with Crippen molar-refractivity contribution in [3.63, 3.8) is 0 Å². The van der Waals surface area contributed by atoms with Crippen molar-refractivity contribution in [1.82, 2.24) is 10.2 Å². The Kier molecular flexibility index (Phi) is 7.69. The average molecular weight is 432 g/mol. The van der Waals surface area contributed by atoms with Gasteiger partial charge in [-0.3, -0.25) is 9.59 Å². The number of benzene rings is 2. The van der Waals surface area contributed by atoms with Gasteiger partial charge in [0.05, 0.1) is 6.04 Å². The van der Waals surface area contributed by atoms with Crippen molar-refractivity contribution >= 4 is 35.0 Å². The number of nitrogens with zero attached hydrogens (tertiary/aromatic N) is 1. The number of hydrogen-bond acceptors (Lipinski definition) is 4. The molecule has 0 spiro atoms. The van der Waals surface area contributed by atoms with Crippen LogP contribution in [0.25, 0.3) is 10.8 Å². The van der Waals surface area contributed by atoms with Crippen LogP contribution in [-0.4, -0.2) is 55.1 Å². The molecular formula is C23H30ClN3O3. The van der Waals surface area contributed by atoms with Gasteiger partial charge in [0.15, 0.2) is 0 Å². The molecule has 30 heavy (non-hydrogen) atoms. The largest absolute Gasteiger partial charge is 0.381 e. The van der Waals surface area contributed by atoms with E-state index in [4.69, 9.17) is 10.5 Å². The van der Waals surface area contributed by atoms with Crippen molar-refractivity contribution in [2.45, 2.75) is 37.8 Å². The maximum atomic E-state index is 12.9. The number of ether oxygens (including phenoxy) is 1. The van der Waals surface area contributed by atoms with Crippen molar-refractivity contribution in [2.24, 2.45) is 11.7 Å². The van der Waals surface area contributed by atoms with Gasteiger partial charge in [-0.1, -0.05) is 30.3 Å². The molecule has 2 aromatic carbocycles. The summed E-state index contributed by atoms with van der Waals surface area (Å²) in [6.45, 7) is 2.58. The Morgan fingerprint density at radius 2 is 1.80 bits per heavy atom. The fraction of sp³-hybridized carbons (Fsp3) is 0.478. The van der Waals surface area contributed by atoms with Crippen molar-refractivity contribution < 1.29 is 14.3 Å². The summed E-state index contributed by atoms with van der Waals surface area (Å²) in [4.78, 5) is 27.5. The molecule has 0 aromatic heterocycles. The minimum absolute atomic E-state index is 0. The number of nitrogens with two attached hydrogens (primary N) is 1. The van der Waals surface area contributed by atoms with Crippen molar-refractivity contribution in [3.8, 4) is 0 Å². The molecule has 2 heterocycles. The molecule has 162 valence electrons. The summed E-state index contributed by atoms with van der Waals surface area (Å²) in [5, 5.41) is 5.27. The van der Waals surface area contributed by atoms with Crippen LogP contribution in [0.3, 0.4) is 0 Å². The highest BCUT2D eigenvalue weighted by molar-refractivity contribution is 5.98. The van der Waals surface area contributed by atoms with E-state index in [1.807, 2.05) is 47.4 Å². The van der Waals surface area contributed by atoms with Crippen molar-refractivity contribution in [2.75, 3.05) is 26.3 Å². The number of piperidine rings is 1. The predicted molar refractivity (Wildman–Crippen MR) is 120 cm³/mol. The fourth-order valence-corrected chi connectivity index (χ4v) is 4.38. The first kappa shape index (κ1) is 22.5. The smallest absolute Gasteiger partial charge is 0.251 e. The molecule has 4 rings (SSSR count). The molecule has 2 aromatic rings. The normalized spacial score (nSPS) is 21.0. The zero-order chi connectivity index (χ0) is 20.2. The van der Waals surface area contributed by atoms with Gasteiger partial charge in [-0.15, -0.1) is 12.4 Å². The first-order valence-electron chi connectivity index (χ1n) is 10.5. The first-order chi connectivity index (χ1) is 14.1. The molecule has 2 amide bonds. The number of nitrogens with one attached hydrogen (secondary N) is 1. The maximum Gasteiger partial charge on any atom is 0.251 e. The second kappa shape index (κ2) is 10.2. The van der Waals surface area contributed by atoms with E-state index in [1.54, 1.807) is 0 Å². The third kappa shape index (κ3) is 5.12. The Bertz CT molecular complexity index is 885. The number of amides is 2. The lowest BCUT2D eigenvalue weighted by molar-refractivity contribution is -0.136. The summed E-state index contributed by atoms with van der Waals surface area (Å²) < 4.78 is 5.38. The van der Waals surface area contributed by atoms with E-state index in [0.717, 1.165) is 36.5 Å². The minimum atomic E-state index is -0.478. The Morgan fingerprint density at radius 1 is 1.07 bits per heavy atom. The number of rotatable bonds is 4. The molecule has 2 aliphatic heterocycles. The zero-order valence-electron chi connectivity index (χ0n) is 17.1. The molecule has 2 atom stereocenters. The van der Waals surface area contributed by atoms with Crippen LogP contribution in [-0.2, 0) is 9.53 Å². The molecule has 0 aliphatic carbocycles. The molecule has 2 aliphatic rings. The highest BCUT2D eigenvalue weighted by Crippen LogP contribution is 2.21. The molecule has 3 N–H and O–H groups in total. The van der Waals surface area contributed by atoms with Crippen LogP contribution in [0.4, 0.5) is 0 Å². The van der Waals surface area contributed by atoms with Crippen LogP contribution in [0.15, 0.2) is 42.5 Å². The van der Waals surface area contributed by atoms with Crippen LogP contribution in [0.1, 0.15) is 36.0 Å². The van der Waals surface area contributed by atoms with Crippen LogP contribution in [0.2, 0.25) is 0 Å². The average Bonchev–Trinajstić information content (AvgIpc) is 2.78. The van der Waals surface area contributed by atoms with Gasteiger partial charge in [0, 0.05) is 37.9 Å². The van der Waals surface area contributed by atoms with Crippen LogP contribution >= 0.6 is 12.4 Å². The van der Waals surface area contributed by atoms with Gasteiger partial charge in [-0.05, 0) is 54.5 Å². The molecule has 2 unspecified atom stereocenters. The highest BCUT2D eigenvalue weighted by Gasteiger charge is 2.32. The van der Waals surface area contributed by atoms with Gasteiger partial charge in [0.1, 0.15) is 0 Å².